The average molecular weight is 430 g/mol. The van der Waals surface area contributed by atoms with Gasteiger partial charge in [0.1, 0.15) is 11.3 Å². The molecule has 1 aromatic carbocycles. The Hall–Kier alpha value is -2.45. The van der Waals surface area contributed by atoms with Crippen molar-refractivity contribution in [3.63, 3.8) is 0 Å². The van der Waals surface area contributed by atoms with Gasteiger partial charge in [-0.05, 0) is 72.5 Å². The van der Waals surface area contributed by atoms with E-state index in [0.717, 1.165) is 40.2 Å². The van der Waals surface area contributed by atoms with Gasteiger partial charge in [0.15, 0.2) is 10.8 Å². The molecule has 0 atom stereocenters. The lowest BCUT2D eigenvalue weighted by molar-refractivity contribution is 0.0980. The van der Waals surface area contributed by atoms with Crippen molar-refractivity contribution < 1.29 is 9.53 Å². The van der Waals surface area contributed by atoms with E-state index < -0.39 is 0 Å². The number of methoxy groups -OCH3 is 1. The van der Waals surface area contributed by atoms with Crippen molar-refractivity contribution in [2.24, 2.45) is 0 Å². The molecule has 0 fully saturated rings. The summed E-state index contributed by atoms with van der Waals surface area (Å²) in [5, 5.41) is 5.25. The number of anilines is 1. The highest BCUT2D eigenvalue weighted by Gasteiger charge is 2.25. The maximum Gasteiger partial charge on any atom is 0.280 e. The summed E-state index contributed by atoms with van der Waals surface area (Å²) < 4.78 is 8.42. The van der Waals surface area contributed by atoms with Crippen LogP contribution in [0, 0.1) is 13.8 Å². The predicted molar refractivity (Wildman–Crippen MR) is 123 cm³/mol. The van der Waals surface area contributed by atoms with Gasteiger partial charge < -0.3 is 9.64 Å². The zero-order valence-corrected chi connectivity index (χ0v) is 19.7. The number of nitrogens with zero attached hydrogens (tertiary/aromatic N) is 5. The molecule has 0 unspecified atom stereocenters. The molecular weight excluding hydrogens is 398 g/mol. The molecule has 2 heterocycles. The maximum absolute atomic E-state index is 13.5. The van der Waals surface area contributed by atoms with Gasteiger partial charge in [0.2, 0.25) is 0 Å². The SMILES string of the molecule is COc1ccc(C)c2sc(N(CCCN(C)C)C(=O)c3cc(C)n(C(C)C)n3)nc12. The molecule has 162 valence electrons. The van der Waals surface area contributed by atoms with E-state index in [1.807, 2.05) is 43.9 Å². The minimum absolute atomic E-state index is 0.119. The normalized spacial score (nSPS) is 11.6. The zero-order valence-electron chi connectivity index (χ0n) is 18.9. The topological polar surface area (TPSA) is 63.5 Å². The van der Waals surface area contributed by atoms with Crippen molar-refractivity contribution in [1.29, 1.82) is 0 Å². The molecule has 1 amide bonds. The molecule has 2 aromatic heterocycles. The number of benzene rings is 1. The largest absolute Gasteiger partial charge is 0.494 e. The Morgan fingerprint density at radius 3 is 2.57 bits per heavy atom. The summed E-state index contributed by atoms with van der Waals surface area (Å²) in [4.78, 5) is 22.2. The van der Waals surface area contributed by atoms with Crippen molar-refractivity contribution >= 4 is 32.6 Å². The number of carbonyl (C=O) groups is 1. The Labute approximate surface area is 182 Å². The number of aromatic nitrogens is 3. The van der Waals surface area contributed by atoms with E-state index >= 15 is 0 Å². The number of hydrogen-bond acceptors (Lipinski definition) is 6. The summed E-state index contributed by atoms with van der Waals surface area (Å²) in [5.41, 5.74) is 3.35. The maximum atomic E-state index is 13.5. The number of hydrogen-bond donors (Lipinski definition) is 0. The first-order valence-corrected chi connectivity index (χ1v) is 11.0. The van der Waals surface area contributed by atoms with Gasteiger partial charge in [-0.3, -0.25) is 14.4 Å². The van der Waals surface area contributed by atoms with Crippen LogP contribution in [0.25, 0.3) is 10.2 Å². The van der Waals surface area contributed by atoms with Crippen molar-refractivity contribution in [2.45, 2.75) is 40.2 Å². The monoisotopic (exact) mass is 429 g/mol. The fourth-order valence-electron chi connectivity index (χ4n) is 3.46. The van der Waals surface area contributed by atoms with Crippen LogP contribution in [0.1, 0.15) is 48.1 Å². The third-order valence-electron chi connectivity index (χ3n) is 5.01. The first-order chi connectivity index (χ1) is 14.2. The summed E-state index contributed by atoms with van der Waals surface area (Å²) in [6, 6.07) is 6.01. The molecule has 0 aliphatic rings. The van der Waals surface area contributed by atoms with Gasteiger partial charge in [-0.15, -0.1) is 0 Å². The lowest BCUT2D eigenvalue weighted by Gasteiger charge is -2.20. The standard InChI is InChI=1S/C22H31N5O2S/c1-14(2)27-16(4)13-17(24-27)21(28)26(12-8-11-25(5)6)22-23-19-18(29-7)10-9-15(3)20(19)30-22/h9-10,13-14H,8,11-12H2,1-7H3. The van der Waals surface area contributed by atoms with E-state index in [1.165, 1.54) is 11.3 Å². The smallest absolute Gasteiger partial charge is 0.280 e. The average Bonchev–Trinajstić information content (AvgIpc) is 3.29. The van der Waals surface area contributed by atoms with Crippen LogP contribution < -0.4 is 9.64 Å². The summed E-state index contributed by atoms with van der Waals surface area (Å²) >= 11 is 1.53. The van der Waals surface area contributed by atoms with Crippen molar-refractivity contribution in [3.8, 4) is 5.75 Å². The van der Waals surface area contributed by atoms with E-state index in [0.29, 0.717) is 17.4 Å². The Kier molecular flexibility index (Phi) is 6.77. The van der Waals surface area contributed by atoms with Crippen molar-refractivity contribution in [1.82, 2.24) is 19.7 Å². The molecule has 3 rings (SSSR count). The molecule has 7 nitrogen and oxygen atoms in total. The second kappa shape index (κ2) is 9.14. The molecule has 0 N–H and O–H groups in total. The third kappa shape index (κ3) is 4.49. The second-order valence-corrected chi connectivity index (χ2v) is 9.06. The molecule has 0 saturated carbocycles. The summed E-state index contributed by atoms with van der Waals surface area (Å²) in [7, 11) is 5.71. The highest BCUT2D eigenvalue weighted by molar-refractivity contribution is 7.22. The highest BCUT2D eigenvalue weighted by atomic mass is 32.1. The van der Waals surface area contributed by atoms with Crippen LogP contribution in [-0.2, 0) is 0 Å². The summed E-state index contributed by atoms with van der Waals surface area (Å²) in [6.45, 7) is 9.61. The highest BCUT2D eigenvalue weighted by Crippen LogP contribution is 2.36. The quantitative estimate of drug-likeness (QED) is 0.534. The van der Waals surface area contributed by atoms with Gasteiger partial charge >= 0.3 is 0 Å². The molecular formula is C22H31N5O2S. The number of fused-ring (bicyclic) bond motifs is 1. The first-order valence-electron chi connectivity index (χ1n) is 10.2. The van der Waals surface area contributed by atoms with Crippen molar-refractivity contribution in [2.75, 3.05) is 39.2 Å². The second-order valence-electron chi connectivity index (χ2n) is 8.08. The van der Waals surface area contributed by atoms with Crippen LogP contribution in [0.15, 0.2) is 18.2 Å². The number of aryl methyl sites for hydroxylation is 2. The Balaban J connectivity index is 2.02. The van der Waals surface area contributed by atoms with Gasteiger partial charge in [0, 0.05) is 18.3 Å². The summed E-state index contributed by atoms with van der Waals surface area (Å²) in [6.07, 6.45) is 0.842. The number of carbonyl (C=O) groups excluding carboxylic acids is 1. The lowest BCUT2D eigenvalue weighted by Crippen LogP contribution is -2.33. The molecule has 8 heteroatoms. The Morgan fingerprint density at radius 1 is 1.23 bits per heavy atom. The minimum Gasteiger partial charge on any atom is -0.494 e. The van der Waals surface area contributed by atoms with Gasteiger partial charge in [-0.2, -0.15) is 5.10 Å². The van der Waals surface area contributed by atoms with Gasteiger partial charge in [0.25, 0.3) is 5.91 Å². The fraction of sp³-hybridized carbons (Fsp3) is 0.500. The van der Waals surface area contributed by atoms with Crippen LogP contribution in [0.2, 0.25) is 0 Å². The van der Waals surface area contributed by atoms with E-state index in [-0.39, 0.29) is 11.9 Å². The summed E-state index contributed by atoms with van der Waals surface area (Å²) in [5.74, 6) is 0.602. The number of amides is 1. The predicted octanol–water partition coefficient (Wildman–Crippen LogP) is 4.30. The molecule has 0 radical (unpaired) electrons. The van der Waals surface area contributed by atoms with Crippen LogP contribution in [-0.4, -0.2) is 59.9 Å². The molecule has 0 aliphatic heterocycles. The molecule has 0 saturated heterocycles. The number of rotatable bonds is 8. The molecule has 30 heavy (non-hydrogen) atoms. The third-order valence-corrected chi connectivity index (χ3v) is 6.22. The Bertz CT molecular complexity index is 1040. The van der Waals surface area contributed by atoms with Crippen LogP contribution in [0.4, 0.5) is 5.13 Å². The van der Waals surface area contributed by atoms with Gasteiger partial charge in [0.05, 0.1) is 11.8 Å². The van der Waals surface area contributed by atoms with E-state index in [9.17, 15) is 4.79 Å². The van der Waals surface area contributed by atoms with Crippen molar-refractivity contribution in [3.05, 3.63) is 35.2 Å². The van der Waals surface area contributed by atoms with E-state index in [2.05, 4.69) is 30.8 Å². The molecule has 3 aromatic rings. The van der Waals surface area contributed by atoms with Crippen LogP contribution in [0.5, 0.6) is 5.75 Å². The lowest BCUT2D eigenvalue weighted by atomic mass is 10.2. The van der Waals surface area contributed by atoms with Gasteiger partial charge in [-0.1, -0.05) is 17.4 Å². The van der Waals surface area contributed by atoms with Gasteiger partial charge in [-0.25, -0.2) is 4.98 Å². The first kappa shape index (κ1) is 22.2. The van der Waals surface area contributed by atoms with Crippen LogP contribution in [0.3, 0.4) is 0 Å². The number of thiazole rings is 1. The van der Waals surface area contributed by atoms with E-state index in [4.69, 9.17) is 9.72 Å². The van der Waals surface area contributed by atoms with Crippen LogP contribution >= 0.6 is 11.3 Å². The molecule has 0 bridgehead atoms. The molecule has 0 aliphatic carbocycles. The number of ether oxygens (including phenoxy) is 1. The fourth-order valence-corrected chi connectivity index (χ4v) is 4.54. The minimum atomic E-state index is -0.119. The van der Waals surface area contributed by atoms with E-state index in [1.54, 1.807) is 12.0 Å². The zero-order chi connectivity index (χ0) is 22.0. The molecule has 0 spiro atoms. The Morgan fingerprint density at radius 2 is 1.97 bits per heavy atom.